The third kappa shape index (κ3) is 5.07. The fraction of sp³-hybridized carbons (Fsp3) is 0.500. The molecule has 0 fully saturated rings. The SMILES string of the molecule is CCOC(=O)CC(=O)OC=O. The second kappa shape index (κ2) is 5.40. The lowest BCUT2D eigenvalue weighted by Crippen LogP contribution is -2.12. The molecule has 0 unspecified atom stereocenters. The minimum absolute atomic E-state index is 0.0262. The van der Waals surface area contributed by atoms with Crippen LogP contribution in [0.4, 0.5) is 0 Å². The van der Waals surface area contributed by atoms with E-state index in [9.17, 15) is 14.4 Å². The van der Waals surface area contributed by atoms with Gasteiger partial charge >= 0.3 is 18.4 Å². The molecule has 0 aromatic heterocycles. The molecule has 0 saturated carbocycles. The number of carbonyl (C=O) groups excluding carboxylic acids is 3. The standard InChI is InChI=1S/C6H8O5/c1-2-10-5(8)3-6(9)11-4-7/h4H,2-3H2,1H3. The first-order valence-corrected chi connectivity index (χ1v) is 2.99. The van der Waals surface area contributed by atoms with E-state index in [1.807, 2.05) is 0 Å². The largest absolute Gasteiger partial charge is 0.466 e. The summed E-state index contributed by atoms with van der Waals surface area (Å²) in [5.74, 6) is -1.60. The van der Waals surface area contributed by atoms with Crippen molar-refractivity contribution in [1.82, 2.24) is 0 Å². The maximum absolute atomic E-state index is 10.5. The quantitative estimate of drug-likeness (QED) is 0.319. The monoisotopic (exact) mass is 160 g/mol. The zero-order valence-electron chi connectivity index (χ0n) is 6.03. The lowest BCUT2D eigenvalue weighted by atomic mass is 10.4. The fourth-order valence-electron chi connectivity index (χ4n) is 0.425. The van der Waals surface area contributed by atoms with Crippen molar-refractivity contribution in [3.8, 4) is 0 Å². The Morgan fingerprint density at radius 3 is 2.45 bits per heavy atom. The first-order chi connectivity index (χ1) is 5.20. The van der Waals surface area contributed by atoms with Crippen molar-refractivity contribution in [2.75, 3.05) is 6.61 Å². The molecule has 0 spiro atoms. The van der Waals surface area contributed by atoms with Crippen LogP contribution in [-0.2, 0) is 23.9 Å². The van der Waals surface area contributed by atoms with E-state index in [4.69, 9.17) is 0 Å². The average molecular weight is 160 g/mol. The van der Waals surface area contributed by atoms with Crippen molar-refractivity contribution in [3.63, 3.8) is 0 Å². The third-order valence-electron chi connectivity index (χ3n) is 0.774. The van der Waals surface area contributed by atoms with Crippen molar-refractivity contribution < 1.29 is 23.9 Å². The summed E-state index contributed by atoms with van der Waals surface area (Å²) in [5.41, 5.74) is 0. The van der Waals surface area contributed by atoms with Crippen LogP contribution in [0.1, 0.15) is 13.3 Å². The summed E-state index contributed by atoms with van der Waals surface area (Å²) in [4.78, 5) is 30.4. The van der Waals surface area contributed by atoms with Crippen LogP contribution in [0, 0.1) is 0 Å². The Morgan fingerprint density at radius 1 is 1.36 bits per heavy atom. The van der Waals surface area contributed by atoms with Gasteiger partial charge in [0.15, 0.2) is 0 Å². The van der Waals surface area contributed by atoms with E-state index >= 15 is 0 Å². The van der Waals surface area contributed by atoms with Crippen molar-refractivity contribution in [2.24, 2.45) is 0 Å². The minimum atomic E-state index is -0.904. The first kappa shape index (κ1) is 9.61. The molecule has 0 aromatic rings. The van der Waals surface area contributed by atoms with Gasteiger partial charge in [0.25, 0.3) is 0 Å². The third-order valence-corrected chi connectivity index (χ3v) is 0.774. The summed E-state index contributed by atoms with van der Waals surface area (Å²) in [7, 11) is 0. The highest BCUT2D eigenvalue weighted by molar-refractivity contribution is 5.93. The number of ether oxygens (including phenoxy) is 2. The van der Waals surface area contributed by atoms with E-state index in [1.165, 1.54) is 0 Å². The van der Waals surface area contributed by atoms with E-state index in [1.54, 1.807) is 6.92 Å². The molecule has 62 valence electrons. The van der Waals surface area contributed by atoms with E-state index in [0.717, 1.165) is 0 Å². The molecule has 0 atom stereocenters. The zero-order chi connectivity index (χ0) is 8.69. The van der Waals surface area contributed by atoms with Crippen LogP contribution in [0.5, 0.6) is 0 Å². The Labute approximate surface area is 63.3 Å². The Hall–Kier alpha value is -1.39. The van der Waals surface area contributed by atoms with Crippen LogP contribution >= 0.6 is 0 Å². The van der Waals surface area contributed by atoms with Crippen molar-refractivity contribution in [3.05, 3.63) is 0 Å². The van der Waals surface area contributed by atoms with Gasteiger partial charge in [0.05, 0.1) is 6.61 Å². The van der Waals surface area contributed by atoms with Crippen LogP contribution in [0.15, 0.2) is 0 Å². The van der Waals surface area contributed by atoms with Gasteiger partial charge in [-0.25, -0.2) is 0 Å². The molecule has 0 saturated heterocycles. The Kier molecular flexibility index (Phi) is 4.72. The lowest BCUT2D eigenvalue weighted by Gasteiger charge is -1.97. The summed E-state index contributed by atoms with van der Waals surface area (Å²) < 4.78 is 8.24. The Balaban J connectivity index is 3.57. The maximum atomic E-state index is 10.5. The summed E-state index contributed by atoms with van der Waals surface area (Å²) in [6.07, 6.45) is -0.521. The van der Waals surface area contributed by atoms with Gasteiger partial charge < -0.3 is 9.47 Å². The van der Waals surface area contributed by atoms with Crippen molar-refractivity contribution >= 4 is 18.4 Å². The van der Waals surface area contributed by atoms with Gasteiger partial charge in [-0.15, -0.1) is 0 Å². The smallest absolute Gasteiger partial charge is 0.324 e. The van der Waals surface area contributed by atoms with E-state index < -0.39 is 18.4 Å². The first-order valence-electron chi connectivity index (χ1n) is 2.99. The zero-order valence-corrected chi connectivity index (χ0v) is 6.03. The molecule has 0 aliphatic carbocycles. The van der Waals surface area contributed by atoms with Crippen LogP contribution in [0.25, 0.3) is 0 Å². The molecule has 0 N–H and O–H groups in total. The lowest BCUT2D eigenvalue weighted by molar-refractivity contribution is -0.156. The summed E-state index contributed by atoms with van der Waals surface area (Å²) in [6.45, 7) is 1.79. The second-order valence-corrected chi connectivity index (χ2v) is 1.57. The number of rotatable bonds is 4. The highest BCUT2D eigenvalue weighted by atomic mass is 16.6. The topological polar surface area (TPSA) is 69.7 Å². The van der Waals surface area contributed by atoms with Crippen molar-refractivity contribution in [1.29, 1.82) is 0 Å². The molecule has 5 heteroatoms. The Bertz CT molecular complexity index is 162. The van der Waals surface area contributed by atoms with E-state index in [-0.39, 0.29) is 13.1 Å². The highest BCUT2D eigenvalue weighted by Crippen LogP contribution is 1.88. The summed E-state index contributed by atoms with van der Waals surface area (Å²) in [5, 5.41) is 0. The van der Waals surface area contributed by atoms with Crippen molar-refractivity contribution in [2.45, 2.75) is 13.3 Å². The number of hydrogen-bond donors (Lipinski definition) is 0. The van der Waals surface area contributed by atoms with Gasteiger partial charge in [-0.1, -0.05) is 0 Å². The predicted octanol–water partition coefficient (Wildman–Crippen LogP) is -0.361. The normalized spacial score (nSPS) is 8.45. The van der Waals surface area contributed by atoms with E-state index in [2.05, 4.69) is 9.47 Å². The average Bonchev–Trinajstić information content (AvgIpc) is 1.87. The second-order valence-electron chi connectivity index (χ2n) is 1.57. The van der Waals surface area contributed by atoms with Gasteiger partial charge in [0.2, 0.25) is 0 Å². The summed E-state index contributed by atoms with van der Waals surface area (Å²) in [6, 6.07) is 0. The summed E-state index contributed by atoms with van der Waals surface area (Å²) >= 11 is 0. The molecule has 11 heavy (non-hydrogen) atoms. The molecule has 0 amide bonds. The molecule has 0 bridgehead atoms. The van der Waals surface area contributed by atoms with Crippen LogP contribution in [0.2, 0.25) is 0 Å². The number of esters is 2. The van der Waals surface area contributed by atoms with Gasteiger partial charge in [0.1, 0.15) is 6.42 Å². The molecule has 0 heterocycles. The predicted molar refractivity (Wildman–Crippen MR) is 33.4 cm³/mol. The fourth-order valence-corrected chi connectivity index (χ4v) is 0.425. The van der Waals surface area contributed by atoms with Gasteiger partial charge in [0, 0.05) is 0 Å². The van der Waals surface area contributed by atoms with Gasteiger partial charge in [-0.2, -0.15) is 0 Å². The maximum Gasteiger partial charge on any atom is 0.324 e. The van der Waals surface area contributed by atoms with Crippen LogP contribution in [-0.4, -0.2) is 25.0 Å². The molecule has 0 aliphatic rings. The molecular weight excluding hydrogens is 152 g/mol. The molecule has 0 aliphatic heterocycles. The number of carbonyl (C=O) groups is 3. The Morgan fingerprint density at radius 2 is 2.00 bits per heavy atom. The molecule has 0 rings (SSSR count). The molecule has 0 aromatic carbocycles. The minimum Gasteiger partial charge on any atom is -0.466 e. The van der Waals surface area contributed by atoms with Crippen LogP contribution in [0.3, 0.4) is 0 Å². The van der Waals surface area contributed by atoms with E-state index in [0.29, 0.717) is 0 Å². The van der Waals surface area contributed by atoms with Crippen LogP contribution < -0.4 is 0 Å². The number of hydrogen-bond acceptors (Lipinski definition) is 5. The van der Waals surface area contributed by atoms with Gasteiger partial charge in [-0.3, -0.25) is 14.4 Å². The highest BCUT2D eigenvalue weighted by Gasteiger charge is 2.10. The van der Waals surface area contributed by atoms with Gasteiger partial charge in [-0.05, 0) is 6.92 Å². The molecule has 0 radical (unpaired) electrons. The molecule has 5 nitrogen and oxygen atoms in total. The molecular formula is C6H8O5.